The monoisotopic (exact) mass is 204 g/mol. The van der Waals surface area contributed by atoms with Crippen molar-refractivity contribution in [3.05, 3.63) is 42.7 Å². The minimum Gasteiger partial charge on any atom is -0.299 e. The molecule has 0 radical (unpaired) electrons. The van der Waals surface area contributed by atoms with E-state index >= 15 is 0 Å². The summed E-state index contributed by atoms with van der Waals surface area (Å²) >= 11 is 0. The summed E-state index contributed by atoms with van der Waals surface area (Å²) in [4.78, 5) is 6.54. The molecule has 2 heterocycles. The van der Waals surface area contributed by atoms with Crippen LogP contribution in [0.2, 0.25) is 0 Å². The van der Waals surface area contributed by atoms with Crippen molar-refractivity contribution < 1.29 is 0 Å². The van der Waals surface area contributed by atoms with Crippen molar-refractivity contribution in [2.75, 3.05) is 13.6 Å². The minimum atomic E-state index is 0.610. The van der Waals surface area contributed by atoms with E-state index in [4.69, 9.17) is 0 Å². The molecule has 15 heavy (non-hydrogen) atoms. The van der Waals surface area contributed by atoms with Gasteiger partial charge >= 0.3 is 0 Å². The van der Waals surface area contributed by atoms with Crippen LogP contribution in [0.1, 0.15) is 31.4 Å². The predicted molar refractivity (Wildman–Crippen MR) is 64.7 cm³/mol. The van der Waals surface area contributed by atoms with Crippen molar-refractivity contribution in [1.82, 2.24) is 9.88 Å². The van der Waals surface area contributed by atoms with Crippen molar-refractivity contribution in [2.45, 2.75) is 25.8 Å². The maximum atomic E-state index is 4.14. The van der Waals surface area contributed by atoms with Crippen LogP contribution in [0, 0.1) is 0 Å². The quantitative estimate of drug-likeness (QED) is 0.654. The maximum absolute atomic E-state index is 4.14. The molecule has 1 aromatic rings. The van der Waals surface area contributed by atoms with Crippen molar-refractivity contribution in [1.29, 1.82) is 0 Å². The van der Waals surface area contributed by atoms with Gasteiger partial charge in [0.05, 0.1) is 0 Å². The molecule has 0 spiro atoms. The molecular formula is C13H20N2. The van der Waals surface area contributed by atoms with Gasteiger partial charge in [0, 0.05) is 18.4 Å². The molecule has 1 atom stereocenters. The van der Waals surface area contributed by atoms with Gasteiger partial charge in [-0.2, -0.15) is 0 Å². The average Bonchev–Trinajstić information content (AvgIpc) is 2.67. The Morgan fingerprint density at radius 3 is 2.80 bits per heavy atom. The van der Waals surface area contributed by atoms with Crippen LogP contribution in [-0.4, -0.2) is 23.5 Å². The maximum Gasteiger partial charge on any atom is 0.0360 e. The van der Waals surface area contributed by atoms with E-state index in [1.807, 2.05) is 25.4 Å². The Morgan fingerprint density at radius 1 is 1.60 bits per heavy atom. The van der Waals surface area contributed by atoms with E-state index < -0.39 is 0 Å². The predicted octanol–water partition coefficient (Wildman–Crippen LogP) is 3.04. The fraction of sp³-hybridized carbons (Fsp3) is 0.462. The lowest BCUT2D eigenvalue weighted by Crippen LogP contribution is -2.17. The molecule has 0 aliphatic carbocycles. The fourth-order valence-electron chi connectivity index (χ4n) is 1.90. The molecule has 1 aliphatic rings. The second-order valence-corrected chi connectivity index (χ2v) is 3.83. The fourth-order valence-corrected chi connectivity index (χ4v) is 1.90. The molecule has 1 aromatic heterocycles. The van der Waals surface area contributed by atoms with E-state index in [0.717, 1.165) is 0 Å². The molecule has 2 nitrogen and oxygen atoms in total. The lowest BCUT2D eigenvalue weighted by molar-refractivity contribution is 0.317. The van der Waals surface area contributed by atoms with Gasteiger partial charge in [0.1, 0.15) is 0 Å². The molecule has 0 bridgehead atoms. The number of hydrogen-bond acceptors (Lipinski definition) is 2. The zero-order valence-corrected chi connectivity index (χ0v) is 9.69. The van der Waals surface area contributed by atoms with E-state index in [1.165, 1.54) is 24.9 Å². The summed E-state index contributed by atoms with van der Waals surface area (Å²) in [5.41, 5.74) is 1.36. The molecule has 0 N–H and O–H groups in total. The number of aromatic nitrogens is 1. The standard InChI is InChI=1S/C10H14N2.C3H6/c1-12-7-3-5-10(12)9-4-2-6-11-8-9;1-3-2/h2,4,6,8,10H,3,5,7H2,1H3;3H,1H2,2H3/t10-;/m0./s1. The summed E-state index contributed by atoms with van der Waals surface area (Å²) in [6.45, 7) is 6.47. The van der Waals surface area contributed by atoms with Crippen LogP contribution in [0.25, 0.3) is 0 Å². The number of hydrogen-bond donors (Lipinski definition) is 0. The van der Waals surface area contributed by atoms with Gasteiger partial charge in [-0.3, -0.25) is 9.88 Å². The number of pyridine rings is 1. The van der Waals surface area contributed by atoms with E-state index in [2.05, 4.69) is 29.6 Å². The lowest BCUT2D eigenvalue weighted by atomic mass is 10.1. The largest absolute Gasteiger partial charge is 0.299 e. The van der Waals surface area contributed by atoms with Crippen LogP contribution >= 0.6 is 0 Å². The molecule has 82 valence electrons. The number of rotatable bonds is 1. The van der Waals surface area contributed by atoms with Gasteiger partial charge in [0.25, 0.3) is 0 Å². The molecule has 2 rings (SSSR count). The first-order chi connectivity index (χ1) is 7.29. The van der Waals surface area contributed by atoms with Gasteiger partial charge in [-0.1, -0.05) is 12.1 Å². The first kappa shape index (κ1) is 11.9. The van der Waals surface area contributed by atoms with Crippen LogP contribution in [0.15, 0.2) is 37.2 Å². The summed E-state index contributed by atoms with van der Waals surface area (Å²) in [6, 6.07) is 4.79. The Bertz CT molecular complexity index is 282. The third kappa shape index (κ3) is 3.48. The second kappa shape index (κ2) is 6.36. The number of nitrogens with zero attached hydrogens (tertiary/aromatic N) is 2. The highest BCUT2D eigenvalue weighted by Gasteiger charge is 2.21. The number of likely N-dealkylation sites (tertiary alicyclic amines) is 1. The van der Waals surface area contributed by atoms with Crippen LogP contribution in [0.5, 0.6) is 0 Å². The normalized spacial score (nSPS) is 20.5. The van der Waals surface area contributed by atoms with E-state index in [9.17, 15) is 0 Å². The first-order valence-electron chi connectivity index (χ1n) is 5.46. The molecule has 1 aliphatic heterocycles. The van der Waals surface area contributed by atoms with Gasteiger partial charge in [-0.25, -0.2) is 0 Å². The lowest BCUT2D eigenvalue weighted by Gasteiger charge is -2.18. The minimum absolute atomic E-state index is 0.610. The van der Waals surface area contributed by atoms with Gasteiger partial charge in [-0.15, -0.1) is 6.58 Å². The Labute approximate surface area is 92.6 Å². The van der Waals surface area contributed by atoms with Crippen LogP contribution in [-0.2, 0) is 0 Å². The molecule has 2 heteroatoms. The third-order valence-electron chi connectivity index (χ3n) is 2.59. The van der Waals surface area contributed by atoms with E-state index in [1.54, 1.807) is 6.08 Å². The molecule has 0 saturated carbocycles. The van der Waals surface area contributed by atoms with Gasteiger partial charge in [0.2, 0.25) is 0 Å². The Hall–Kier alpha value is -1.15. The SMILES string of the molecule is C=CC.CN1CCC[C@H]1c1cccnc1. The molecule has 0 amide bonds. The highest BCUT2D eigenvalue weighted by atomic mass is 15.1. The summed E-state index contributed by atoms with van der Waals surface area (Å²) in [6.07, 6.45) is 8.16. The van der Waals surface area contributed by atoms with Crippen LogP contribution < -0.4 is 0 Å². The Balaban J connectivity index is 0.000000337. The molecule has 0 aromatic carbocycles. The summed E-state index contributed by atoms with van der Waals surface area (Å²) in [5.74, 6) is 0. The Kier molecular flexibility index (Phi) is 5.05. The van der Waals surface area contributed by atoms with Crippen LogP contribution in [0.4, 0.5) is 0 Å². The Morgan fingerprint density at radius 2 is 2.33 bits per heavy atom. The zero-order chi connectivity index (χ0) is 11.1. The van der Waals surface area contributed by atoms with E-state index in [-0.39, 0.29) is 0 Å². The average molecular weight is 204 g/mol. The topological polar surface area (TPSA) is 16.1 Å². The highest BCUT2D eigenvalue weighted by Crippen LogP contribution is 2.29. The van der Waals surface area contributed by atoms with Gasteiger partial charge in [0.15, 0.2) is 0 Å². The zero-order valence-electron chi connectivity index (χ0n) is 9.69. The third-order valence-corrected chi connectivity index (χ3v) is 2.59. The first-order valence-corrected chi connectivity index (χ1v) is 5.46. The molecular weight excluding hydrogens is 184 g/mol. The van der Waals surface area contributed by atoms with Crippen molar-refractivity contribution in [2.24, 2.45) is 0 Å². The smallest absolute Gasteiger partial charge is 0.0360 e. The van der Waals surface area contributed by atoms with Crippen molar-refractivity contribution in [3.8, 4) is 0 Å². The van der Waals surface area contributed by atoms with E-state index in [0.29, 0.717) is 6.04 Å². The summed E-state index contributed by atoms with van der Waals surface area (Å²) in [5, 5.41) is 0. The molecule has 0 unspecified atom stereocenters. The highest BCUT2D eigenvalue weighted by molar-refractivity contribution is 5.14. The van der Waals surface area contributed by atoms with Crippen molar-refractivity contribution >= 4 is 0 Å². The van der Waals surface area contributed by atoms with Crippen LogP contribution in [0.3, 0.4) is 0 Å². The van der Waals surface area contributed by atoms with Gasteiger partial charge < -0.3 is 0 Å². The van der Waals surface area contributed by atoms with Gasteiger partial charge in [-0.05, 0) is 45.0 Å². The summed E-state index contributed by atoms with van der Waals surface area (Å²) in [7, 11) is 2.19. The van der Waals surface area contributed by atoms with Crippen molar-refractivity contribution in [3.63, 3.8) is 0 Å². The second-order valence-electron chi connectivity index (χ2n) is 3.83. The summed E-state index contributed by atoms with van der Waals surface area (Å²) < 4.78 is 0. The number of allylic oxidation sites excluding steroid dienone is 1. The molecule has 1 saturated heterocycles. The molecule has 1 fully saturated rings.